The van der Waals surface area contributed by atoms with Gasteiger partial charge in [-0.25, -0.2) is 4.79 Å². The molecule has 2 aromatic carbocycles. The molecule has 1 heterocycles. The Morgan fingerprint density at radius 1 is 1.08 bits per heavy atom. The van der Waals surface area contributed by atoms with Gasteiger partial charge in [0.25, 0.3) is 0 Å². The van der Waals surface area contributed by atoms with Crippen LogP contribution in [0, 0.1) is 0 Å². The highest BCUT2D eigenvalue weighted by Crippen LogP contribution is 2.39. The molecule has 1 atom stereocenters. The van der Waals surface area contributed by atoms with Gasteiger partial charge in [0, 0.05) is 30.1 Å². The van der Waals surface area contributed by atoms with E-state index in [0.29, 0.717) is 35.1 Å². The number of carbonyl (C=O) groups excluding carboxylic acids is 1. The maximum Gasteiger partial charge on any atom is 0.573 e. The summed E-state index contributed by atoms with van der Waals surface area (Å²) in [5.74, 6) is -0.312. The van der Waals surface area contributed by atoms with Crippen LogP contribution in [-0.4, -0.2) is 34.6 Å². The van der Waals surface area contributed by atoms with Crippen LogP contribution in [0.1, 0.15) is 46.1 Å². The number of hydrogen-bond acceptors (Lipinski definition) is 7. The van der Waals surface area contributed by atoms with Gasteiger partial charge >= 0.3 is 12.3 Å². The van der Waals surface area contributed by atoms with Crippen molar-refractivity contribution < 1.29 is 41.7 Å². The zero-order valence-corrected chi connectivity index (χ0v) is 22.5. The van der Waals surface area contributed by atoms with Crippen molar-refractivity contribution in [2.45, 2.75) is 63.9 Å². The summed E-state index contributed by atoms with van der Waals surface area (Å²) >= 11 is 4.60. The first kappa shape index (κ1) is 29.4. The number of alkyl halides is 3. The van der Waals surface area contributed by atoms with Crippen molar-refractivity contribution in [1.29, 1.82) is 0 Å². The van der Waals surface area contributed by atoms with E-state index in [0.717, 1.165) is 0 Å². The molecule has 0 saturated heterocycles. The SMILES string of the molecule is C=C(C)C(=O)OC(C)(C)CC(C)(S)Oc1ccc2cc(-c3ccc(CCCO)cc3OC(F)(F)F)oc2c1. The minimum absolute atomic E-state index is 0.0757. The fourth-order valence-corrected chi connectivity index (χ4v) is 4.57. The zero-order valence-electron chi connectivity index (χ0n) is 21.6. The monoisotopic (exact) mass is 552 g/mol. The third-order valence-electron chi connectivity index (χ3n) is 5.46. The average molecular weight is 553 g/mol. The van der Waals surface area contributed by atoms with Gasteiger partial charge in [-0.2, -0.15) is 0 Å². The highest BCUT2D eigenvalue weighted by molar-refractivity contribution is 7.81. The first-order valence-corrected chi connectivity index (χ1v) is 12.4. The Hall–Kier alpha value is -3.11. The molecular weight excluding hydrogens is 521 g/mol. The van der Waals surface area contributed by atoms with Crippen LogP contribution < -0.4 is 9.47 Å². The molecule has 3 aromatic rings. The summed E-state index contributed by atoms with van der Waals surface area (Å²) in [5, 5.41) is 9.68. The molecule has 3 rings (SSSR count). The summed E-state index contributed by atoms with van der Waals surface area (Å²) in [6.07, 6.45) is -3.83. The molecule has 0 aliphatic carbocycles. The maximum absolute atomic E-state index is 13.1. The van der Waals surface area contributed by atoms with Crippen molar-refractivity contribution in [3.05, 3.63) is 60.2 Å². The van der Waals surface area contributed by atoms with Crippen LogP contribution in [0.4, 0.5) is 13.2 Å². The van der Waals surface area contributed by atoms with E-state index in [1.165, 1.54) is 12.1 Å². The maximum atomic E-state index is 13.1. The van der Waals surface area contributed by atoms with Gasteiger partial charge in [0.05, 0.1) is 5.56 Å². The number of ether oxygens (including phenoxy) is 3. The number of aryl methyl sites for hydroxylation is 1. The van der Waals surface area contributed by atoms with Crippen molar-refractivity contribution in [3.63, 3.8) is 0 Å². The van der Waals surface area contributed by atoms with E-state index in [2.05, 4.69) is 23.9 Å². The second-order valence-electron chi connectivity index (χ2n) is 9.90. The Morgan fingerprint density at radius 3 is 2.42 bits per heavy atom. The minimum atomic E-state index is -4.89. The van der Waals surface area contributed by atoms with Gasteiger partial charge in [-0.15, -0.1) is 25.8 Å². The number of furan rings is 1. The molecule has 1 N–H and O–H groups in total. The molecule has 0 bridgehead atoms. The molecule has 0 saturated carbocycles. The number of hydrogen-bond donors (Lipinski definition) is 2. The van der Waals surface area contributed by atoms with E-state index in [1.54, 1.807) is 58.0 Å². The van der Waals surface area contributed by atoms with Crippen LogP contribution in [0.3, 0.4) is 0 Å². The minimum Gasteiger partial charge on any atom is -0.477 e. The van der Waals surface area contributed by atoms with Gasteiger partial charge in [-0.05, 0) is 76.4 Å². The molecule has 206 valence electrons. The molecular formula is C28H31F3O6S. The molecule has 10 heteroatoms. The molecule has 0 fully saturated rings. The molecule has 1 unspecified atom stereocenters. The largest absolute Gasteiger partial charge is 0.573 e. The van der Waals surface area contributed by atoms with Crippen molar-refractivity contribution in [3.8, 4) is 22.8 Å². The highest BCUT2D eigenvalue weighted by atomic mass is 32.1. The second-order valence-corrected chi connectivity index (χ2v) is 10.8. The van der Waals surface area contributed by atoms with Crippen LogP contribution in [0.2, 0.25) is 0 Å². The Kier molecular flexibility index (Phi) is 8.78. The summed E-state index contributed by atoms with van der Waals surface area (Å²) in [7, 11) is 0. The predicted molar refractivity (Wildman–Crippen MR) is 141 cm³/mol. The molecule has 0 radical (unpaired) electrons. The predicted octanol–water partition coefficient (Wildman–Crippen LogP) is 7.24. The lowest BCUT2D eigenvalue weighted by atomic mass is 10.0. The summed E-state index contributed by atoms with van der Waals surface area (Å²) in [6.45, 7) is 10.3. The molecule has 1 aromatic heterocycles. The molecule has 38 heavy (non-hydrogen) atoms. The van der Waals surface area contributed by atoms with Crippen LogP contribution in [-0.2, 0) is 16.0 Å². The number of halogens is 3. The van der Waals surface area contributed by atoms with Crippen LogP contribution in [0.15, 0.2) is 59.0 Å². The van der Waals surface area contributed by atoms with E-state index in [9.17, 15) is 18.0 Å². The smallest absolute Gasteiger partial charge is 0.477 e. The quantitative estimate of drug-likeness (QED) is 0.113. The first-order chi connectivity index (χ1) is 17.6. The van der Waals surface area contributed by atoms with E-state index in [4.69, 9.17) is 19.0 Å². The van der Waals surface area contributed by atoms with Crippen molar-refractivity contribution in [2.75, 3.05) is 6.61 Å². The Morgan fingerprint density at radius 2 is 1.79 bits per heavy atom. The van der Waals surface area contributed by atoms with Crippen molar-refractivity contribution in [1.82, 2.24) is 0 Å². The summed E-state index contributed by atoms with van der Waals surface area (Å²) in [6, 6.07) is 11.1. The lowest BCUT2D eigenvalue weighted by Gasteiger charge is -2.34. The fourth-order valence-electron chi connectivity index (χ4n) is 4.08. The van der Waals surface area contributed by atoms with Gasteiger partial charge in [-0.1, -0.05) is 12.6 Å². The third kappa shape index (κ3) is 8.19. The van der Waals surface area contributed by atoms with Gasteiger partial charge in [0.1, 0.15) is 28.4 Å². The van der Waals surface area contributed by atoms with E-state index < -0.39 is 28.6 Å². The number of carbonyl (C=O) groups is 1. The Balaban J connectivity index is 1.86. The van der Waals surface area contributed by atoms with E-state index >= 15 is 0 Å². The van der Waals surface area contributed by atoms with Gasteiger partial charge in [-0.3, -0.25) is 0 Å². The summed E-state index contributed by atoms with van der Waals surface area (Å²) in [5.41, 5.74) is 0.499. The lowest BCUT2D eigenvalue weighted by Crippen LogP contribution is -2.39. The average Bonchev–Trinajstić information content (AvgIpc) is 3.18. The molecule has 0 aliphatic rings. The second kappa shape index (κ2) is 11.3. The molecule has 0 aliphatic heterocycles. The standard InChI is InChI=1S/C28H31F3O6S/c1-17(2)25(33)37-26(3,4)16-27(5,38)35-20-10-9-19-14-23(34-22(19)15-20)21-11-8-18(7-6-12-32)13-24(21)36-28(29,30)31/h8-11,13-15,32,38H,1,6-7,12,16H2,2-5H3. The number of fused-ring (bicyclic) bond motifs is 1. The first-order valence-electron chi connectivity index (χ1n) is 11.9. The molecule has 6 nitrogen and oxygen atoms in total. The molecule has 0 amide bonds. The van der Waals surface area contributed by atoms with E-state index in [-0.39, 0.29) is 29.9 Å². The molecule has 0 spiro atoms. The van der Waals surface area contributed by atoms with Crippen molar-refractivity contribution in [2.24, 2.45) is 0 Å². The number of benzene rings is 2. The van der Waals surface area contributed by atoms with Crippen LogP contribution in [0.5, 0.6) is 11.5 Å². The van der Waals surface area contributed by atoms with Gasteiger partial charge in [0.2, 0.25) is 0 Å². The number of thiol groups is 1. The summed E-state index contributed by atoms with van der Waals surface area (Å²) in [4.78, 5) is 10.9. The zero-order chi connectivity index (χ0) is 28.3. The number of esters is 1. The number of aliphatic hydroxyl groups is 1. The van der Waals surface area contributed by atoms with Gasteiger partial charge in [0.15, 0.2) is 4.93 Å². The topological polar surface area (TPSA) is 78.1 Å². The highest BCUT2D eigenvalue weighted by Gasteiger charge is 2.35. The Bertz CT molecular complexity index is 1310. The van der Waals surface area contributed by atoms with Crippen molar-refractivity contribution >= 4 is 29.6 Å². The van der Waals surface area contributed by atoms with E-state index in [1.807, 2.05) is 0 Å². The van der Waals surface area contributed by atoms with Crippen LogP contribution >= 0.6 is 12.6 Å². The third-order valence-corrected chi connectivity index (χ3v) is 5.71. The Labute approximate surface area is 224 Å². The normalized spacial score (nSPS) is 13.7. The van der Waals surface area contributed by atoms with Crippen LogP contribution in [0.25, 0.3) is 22.3 Å². The lowest BCUT2D eigenvalue weighted by molar-refractivity contribution is -0.274. The number of aliphatic hydroxyl groups excluding tert-OH is 1. The fraction of sp³-hybridized carbons (Fsp3) is 0.393. The van der Waals surface area contributed by atoms with Gasteiger partial charge < -0.3 is 23.7 Å². The summed E-state index contributed by atoms with van der Waals surface area (Å²) < 4.78 is 61.0. The number of rotatable bonds is 11.